The van der Waals surface area contributed by atoms with Crippen LogP contribution in [-0.2, 0) is 19.4 Å². The van der Waals surface area contributed by atoms with E-state index in [1.165, 1.54) is 5.56 Å². The van der Waals surface area contributed by atoms with E-state index in [2.05, 4.69) is 34.8 Å². The highest BCUT2D eigenvalue weighted by atomic mass is 16.5. The second kappa shape index (κ2) is 8.22. The van der Waals surface area contributed by atoms with Crippen molar-refractivity contribution in [1.82, 2.24) is 15.8 Å². The summed E-state index contributed by atoms with van der Waals surface area (Å²) >= 11 is 0. The van der Waals surface area contributed by atoms with Gasteiger partial charge in [0.1, 0.15) is 0 Å². The Labute approximate surface area is 131 Å². The molecule has 1 unspecified atom stereocenters. The Balaban J connectivity index is 1.79. The van der Waals surface area contributed by atoms with Crippen molar-refractivity contribution in [2.75, 3.05) is 0 Å². The van der Waals surface area contributed by atoms with E-state index < -0.39 is 0 Å². The predicted octanol–water partition coefficient (Wildman–Crippen LogP) is 3.06. The van der Waals surface area contributed by atoms with Gasteiger partial charge in [-0.05, 0) is 24.8 Å². The highest BCUT2D eigenvalue weighted by molar-refractivity contribution is 5.74. The summed E-state index contributed by atoms with van der Waals surface area (Å²) in [4.78, 5) is 12.0. The van der Waals surface area contributed by atoms with Crippen molar-refractivity contribution in [3.8, 4) is 0 Å². The van der Waals surface area contributed by atoms with Crippen LogP contribution in [0, 0.1) is 0 Å². The normalized spacial score (nSPS) is 11.9. The largest absolute Gasteiger partial charge is 0.359 e. The molecule has 1 aromatic carbocycles. The number of nitrogens with zero attached hydrogens (tertiary/aromatic N) is 1. The topological polar surface area (TPSA) is 67.2 Å². The van der Waals surface area contributed by atoms with Gasteiger partial charge in [0.2, 0.25) is 0 Å². The molecule has 2 amide bonds. The van der Waals surface area contributed by atoms with Crippen LogP contribution in [0.4, 0.5) is 4.79 Å². The van der Waals surface area contributed by atoms with Crippen LogP contribution in [0.2, 0.25) is 0 Å². The Bertz CT molecular complexity index is 581. The third-order valence-corrected chi connectivity index (χ3v) is 3.55. The van der Waals surface area contributed by atoms with E-state index in [9.17, 15) is 4.79 Å². The molecule has 0 saturated heterocycles. The van der Waals surface area contributed by atoms with E-state index in [-0.39, 0.29) is 12.1 Å². The summed E-state index contributed by atoms with van der Waals surface area (Å²) < 4.78 is 5.14. The maximum absolute atomic E-state index is 12.0. The van der Waals surface area contributed by atoms with Crippen LogP contribution < -0.4 is 10.6 Å². The first-order valence-electron chi connectivity index (χ1n) is 7.74. The summed E-state index contributed by atoms with van der Waals surface area (Å²) in [6.07, 6.45) is 2.53. The number of carbonyl (C=O) groups is 1. The number of amides is 2. The van der Waals surface area contributed by atoms with Crippen molar-refractivity contribution in [1.29, 1.82) is 0 Å². The molecule has 2 N–H and O–H groups in total. The summed E-state index contributed by atoms with van der Waals surface area (Å²) in [7, 11) is 0. The number of nitrogens with one attached hydrogen (secondary N) is 2. The molecule has 2 rings (SSSR count). The summed E-state index contributed by atoms with van der Waals surface area (Å²) in [6, 6.07) is 12.0. The van der Waals surface area contributed by atoms with Gasteiger partial charge in [0.05, 0.1) is 12.2 Å². The Hall–Kier alpha value is -2.30. The average molecular weight is 301 g/mol. The molecular formula is C17H23N3O2. The van der Waals surface area contributed by atoms with Crippen molar-refractivity contribution < 1.29 is 9.32 Å². The fourth-order valence-electron chi connectivity index (χ4n) is 2.21. The molecule has 0 aliphatic rings. The molecule has 22 heavy (non-hydrogen) atoms. The predicted molar refractivity (Wildman–Crippen MR) is 85.5 cm³/mol. The zero-order valence-corrected chi connectivity index (χ0v) is 13.1. The fraction of sp³-hybridized carbons (Fsp3) is 0.412. The molecule has 1 atom stereocenters. The first kappa shape index (κ1) is 16.1. The van der Waals surface area contributed by atoms with Crippen LogP contribution in [0.25, 0.3) is 0 Å². The summed E-state index contributed by atoms with van der Waals surface area (Å²) in [6.45, 7) is 4.43. The molecule has 0 radical (unpaired) electrons. The van der Waals surface area contributed by atoms with Crippen LogP contribution in [0.1, 0.15) is 37.3 Å². The number of benzene rings is 1. The number of rotatable bonds is 7. The first-order valence-corrected chi connectivity index (χ1v) is 7.74. The van der Waals surface area contributed by atoms with Crippen molar-refractivity contribution in [2.24, 2.45) is 0 Å². The minimum Gasteiger partial charge on any atom is -0.359 e. The second-order valence-corrected chi connectivity index (χ2v) is 5.26. The zero-order chi connectivity index (χ0) is 15.8. The average Bonchev–Trinajstić information content (AvgIpc) is 3.01. The van der Waals surface area contributed by atoms with Gasteiger partial charge in [-0.25, -0.2) is 4.79 Å². The molecule has 5 nitrogen and oxygen atoms in total. The lowest BCUT2D eigenvalue weighted by Crippen LogP contribution is -2.42. The zero-order valence-electron chi connectivity index (χ0n) is 13.1. The lowest BCUT2D eigenvalue weighted by atomic mass is 10.0. The number of urea groups is 1. The van der Waals surface area contributed by atoms with E-state index in [1.807, 2.05) is 31.2 Å². The van der Waals surface area contributed by atoms with Gasteiger partial charge in [0.15, 0.2) is 5.76 Å². The molecule has 0 aliphatic carbocycles. The number of hydrogen-bond donors (Lipinski definition) is 2. The van der Waals surface area contributed by atoms with Crippen LogP contribution in [0.3, 0.4) is 0 Å². The molecule has 0 spiro atoms. The van der Waals surface area contributed by atoms with Gasteiger partial charge in [-0.1, -0.05) is 49.3 Å². The molecule has 2 aromatic rings. The summed E-state index contributed by atoms with van der Waals surface area (Å²) in [5, 5.41) is 9.70. The van der Waals surface area contributed by atoms with E-state index in [1.54, 1.807) is 0 Å². The molecule has 0 aliphatic heterocycles. The lowest BCUT2D eigenvalue weighted by Gasteiger charge is -2.17. The van der Waals surface area contributed by atoms with Gasteiger partial charge in [-0.15, -0.1) is 0 Å². The monoisotopic (exact) mass is 301 g/mol. The minimum absolute atomic E-state index is 0.114. The molecular weight excluding hydrogens is 278 g/mol. The second-order valence-electron chi connectivity index (χ2n) is 5.26. The lowest BCUT2D eigenvalue weighted by molar-refractivity contribution is 0.234. The molecule has 0 saturated carbocycles. The third kappa shape index (κ3) is 4.91. The van der Waals surface area contributed by atoms with Crippen molar-refractivity contribution in [3.05, 3.63) is 53.4 Å². The number of aryl methyl sites for hydroxylation is 1. The fourth-order valence-corrected chi connectivity index (χ4v) is 2.21. The Morgan fingerprint density at radius 3 is 2.68 bits per heavy atom. The molecule has 5 heteroatoms. The Kier molecular flexibility index (Phi) is 6.01. The van der Waals surface area contributed by atoms with Crippen LogP contribution in [0.5, 0.6) is 0 Å². The van der Waals surface area contributed by atoms with E-state index in [4.69, 9.17) is 4.52 Å². The van der Waals surface area contributed by atoms with Crippen LogP contribution >= 0.6 is 0 Å². The first-order chi connectivity index (χ1) is 10.7. The summed E-state index contributed by atoms with van der Waals surface area (Å²) in [5.74, 6) is 0.670. The van der Waals surface area contributed by atoms with Gasteiger partial charge >= 0.3 is 6.03 Å². The smallest absolute Gasteiger partial charge is 0.315 e. The standard InChI is InChI=1S/C17H23N3O2/c1-3-14(10-13-8-6-5-7-9-13)19-17(21)18-12-16-11-15(4-2)20-22-16/h5-9,11,14H,3-4,10,12H2,1-2H3,(H2,18,19,21). The van der Waals surface area contributed by atoms with Gasteiger partial charge < -0.3 is 15.2 Å². The number of hydrogen-bond acceptors (Lipinski definition) is 3. The SMILES string of the molecule is CCc1cc(CNC(=O)NC(CC)Cc2ccccc2)on1. The highest BCUT2D eigenvalue weighted by Gasteiger charge is 2.11. The highest BCUT2D eigenvalue weighted by Crippen LogP contribution is 2.06. The molecule has 0 bridgehead atoms. The molecule has 1 heterocycles. The van der Waals surface area contributed by atoms with E-state index in [0.717, 1.165) is 25.0 Å². The van der Waals surface area contributed by atoms with Crippen molar-refractivity contribution >= 4 is 6.03 Å². The third-order valence-electron chi connectivity index (χ3n) is 3.55. The van der Waals surface area contributed by atoms with Gasteiger partial charge in [0.25, 0.3) is 0 Å². The maximum atomic E-state index is 12.0. The van der Waals surface area contributed by atoms with Crippen molar-refractivity contribution in [2.45, 2.75) is 45.7 Å². The number of aromatic nitrogens is 1. The van der Waals surface area contributed by atoms with Crippen LogP contribution in [0.15, 0.2) is 40.9 Å². The van der Waals surface area contributed by atoms with Gasteiger partial charge in [-0.2, -0.15) is 0 Å². The minimum atomic E-state index is -0.183. The van der Waals surface area contributed by atoms with Crippen molar-refractivity contribution in [3.63, 3.8) is 0 Å². The summed E-state index contributed by atoms with van der Waals surface area (Å²) in [5.41, 5.74) is 2.12. The quantitative estimate of drug-likeness (QED) is 0.826. The van der Waals surface area contributed by atoms with Gasteiger partial charge in [-0.3, -0.25) is 0 Å². The Morgan fingerprint density at radius 1 is 1.27 bits per heavy atom. The van der Waals surface area contributed by atoms with E-state index in [0.29, 0.717) is 12.3 Å². The van der Waals surface area contributed by atoms with Crippen LogP contribution in [-0.4, -0.2) is 17.2 Å². The van der Waals surface area contributed by atoms with E-state index >= 15 is 0 Å². The Morgan fingerprint density at radius 2 is 2.05 bits per heavy atom. The number of carbonyl (C=O) groups excluding carboxylic acids is 1. The van der Waals surface area contributed by atoms with Gasteiger partial charge in [0, 0.05) is 12.1 Å². The molecule has 1 aromatic heterocycles. The molecule has 118 valence electrons. The molecule has 0 fully saturated rings. The maximum Gasteiger partial charge on any atom is 0.315 e.